The van der Waals surface area contributed by atoms with Crippen molar-refractivity contribution in [1.29, 1.82) is 0 Å². The third kappa shape index (κ3) is 4.86. The van der Waals surface area contributed by atoms with Crippen molar-refractivity contribution in [2.24, 2.45) is 0 Å². The number of hydrazine groups is 1. The summed E-state index contributed by atoms with van der Waals surface area (Å²) in [6.45, 7) is 4.69. The number of carbonyl (C=O) groups excluding carboxylic acids is 4. The molecule has 10 nitrogen and oxygen atoms in total. The molecule has 1 aliphatic carbocycles. The topological polar surface area (TPSA) is 114 Å². The number of nitrogens with one attached hydrogen (secondary N) is 3. The van der Waals surface area contributed by atoms with E-state index in [9.17, 15) is 19.2 Å². The predicted molar refractivity (Wildman–Crippen MR) is 111 cm³/mol. The van der Waals surface area contributed by atoms with Gasteiger partial charge >= 0.3 is 6.03 Å². The summed E-state index contributed by atoms with van der Waals surface area (Å²) in [6, 6.07) is 8.62. The van der Waals surface area contributed by atoms with Crippen LogP contribution in [0.3, 0.4) is 0 Å². The highest BCUT2D eigenvalue weighted by Gasteiger charge is 2.50. The van der Waals surface area contributed by atoms with Gasteiger partial charge in [0.25, 0.3) is 11.8 Å². The van der Waals surface area contributed by atoms with Gasteiger partial charge < -0.3 is 10.6 Å². The Balaban J connectivity index is 1.25. The van der Waals surface area contributed by atoms with Crippen molar-refractivity contribution in [1.82, 2.24) is 30.9 Å². The lowest BCUT2D eigenvalue weighted by molar-refractivity contribution is -0.139. The molecule has 2 aliphatic heterocycles. The van der Waals surface area contributed by atoms with Crippen molar-refractivity contribution in [2.75, 3.05) is 39.3 Å². The lowest BCUT2D eigenvalue weighted by Gasteiger charge is -2.34. The molecule has 1 saturated carbocycles. The first kappa shape index (κ1) is 21.3. The molecule has 3 aliphatic rings. The van der Waals surface area contributed by atoms with Crippen LogP contribution in [0.15, 0.2) is 30.3 Å². The summed E-state index contributed by atoms with van der Waals surface area (Å²) < 4.78 is 0. The van der Waals surface area contributed by atoms with Crippen LogP contribution >= 0.6 is 0 Å². The second-order valence-electron chi connectivity index (χ2n) is 8.49. The van der Waals surface area contributed by atoms with Crippen LogP contribution in [-0.2, 0) is 19.9 Å². The second kappa shape index (κ2) is 8.64. The maximum atomic E-state index is 12.9. The Hall–Kier alpha value is -2.98. The quantitative estimate of drug-likeness (QED) is 0.499. The van der Waals surface area contributed by atoms with Crippen molar-refractivity contribution < 1.29 is 19.2 Å². The minimum atomic E-state index is -1.22. The van der Waals surface area contributed by atoms with E-state index in [2.05, 4.69) is 21.0 Å². The van der Waals surface area contributed by atoms with E-state index in [4.69, 9.17) is 0 Å². The van der Waals surface area contributed by atoms with Crippen molar-refractivity contribution >= 4 is 23.8 Å². The van der Waals surface area contributed by atoms with Gasteiger partial charge in [-0.2, -0.15) is 5.01 Å². The number of nitrogens with zero attached hydrogens (tertiary/aromatic N) is 3. The second-order valence-corrected chi connectivity index (χ2v) is 8.49. The molecule has 1 aromatic rings. The number of amides is 5. The molecule has 1 aromatic carbocycles. The fraction of sp³-hybridized carbons (Fsp3) is 0.524. The maximum absolute atomic E-state index is 12.9. The van der Waals surface area contributed by atoms with Crippen LogP contribution in [0, 0.1) is 0 Å². The van der Waals surface area contributed by atoms with Gasteiger partial charge in [-0.05, 0) is 25.3 Å². The molecule has 10 heteroatoms. The highest BCUT2D eigenvalue weighted by Crippen LogP contribution is 2.27. The van der Waals surface area contributed by atoms with E-state index < -0.39 is 23.4 Å². The van der Waals surface area contributed by atoms with Crippen LogP contribution in [0.2, 0.25) is 0 Å². The molecule has 5 amide bonds. The van der Waals surface area contributed by atoms with Gasteiger partial charge in [0.05, 0.1) is 13.1 Å². The molecule has 4 rings (SSSR count). The fourth-order valence-electron chi connectivity index (χ4n) is 3.88. The first-order valence-electron chi connectivity index (χ1n) is 10.6. The number of imide groups is 1. The van der Waals surface area contributed by atoms with E-state index >= 15 is 0 Å². The zero-order valence-corrected chi connectivity index (χ0v) is 17.6. The number of benzene rings is 1. The van der Waals surface area contributed by atoms with E-state index in [1.165, 1.54) is 0 Å². The average Bonchev–Trinajstić information content (AvgIpc) is 3.53. The number of carbonyl (C=O) groups is 4. The van der Waals surface area contributed by atoms with Crippen molar-refractivity contribution in [2.45, 2.75) is 31.3 Å². The molecule has 0 radical (unpaired) electrons. The summed E-state index contributed by atoms with van der Waals surface area (Å²) in [5.74, 6) is -0.905. The summed E-state index contributed by atoms with van der Waals surface area (Å²) in [5.41, 5.74) is 1.86. The Morgan fingerprint density at radius 3 is 2.16 bits per heavy atom. The Labute approximate surface area is 180 Å². The van der Waals surface area contributed by atoms with Gasteiger partial charge in [0.15, 0.2) is 0 Å². The summed E-state index contributed by atoms with van der Waals surface area (Å²) in [4.78, 5) is 53.6. The molecule has 0 aromatic heterocycles. The van der Waals surface area contributed by atoms with E-state index in [1.54, 1.807) is 31.2 Å². The molecule has 0 spiro atoms. The number of piperazine rings is 1. The molecule has 3 N–H and O–H groups in total. The van der Waals surface area contributed by atoms with E-state index in [1.807, 2.05) is 11.0 Å². The first-order valence-corrected chi connectivity index (χ1v) is 10.6. The summed E-state index contributed by atoms with van der Waals surface area (Å²) in [5, 5.41) is 6.40. The average molecular weight is 428 g/mol. The molecular formula is C21H28N6O4. The van der Waals surface area contributed by atoms with Gasteiger partial charge in [-0.15, -0.1) is 0 Å². The SMILES string of the molecule is C[C@]1(c2ccccc2)NC(=O)N(NC(=O)CN2CCN(CC(=O)NC3CC3)CC2)C1=O. The van der Waals surface area contributed by atoms with Gasteiger partial charge in [-0.25, -0.2) is 4.79 Å². The van der Waals surface area contributed by atoms with Crippen molar-refractivity contribution in [3.8, 4) is 0 Å². The lowest BCUT2D eigenvalue weighted by Crippen LogP contribution is -2.54. The van der Waals surface area contributed by atoms with Crippen molar-refractivity contribution in [3.63, 3.8) is 0 Å². The largest absolute Gasteiger partial charge is 0.352 e. The van der Waals surface area contributed by atoms with Crippen molar-refractivity contribution in [3.05, 3.63) is 35.9 Å². The van der Waals surface area contributed by atoms with Crippen LogP contribution in [0.1, 0.15) is 25.3 Å². The molecule has 0 unspecified atom stereocenters. The minimum Gasteiger partial charge on any atom is -0.352 e. The highest BCUT2D eigenvalue weighted by molar-refractivity contribution is 6.08. The number of hydrogen-bond acceptors (Lipinski definition) is 6. The first-order chi connectivity index (χ1) is 14.8. The Morgan fingerprint density at radius 1 is 1.00 bits per heavy atom. The minimum absolute atomic E-state index is 0.0497. The van der Waals surface area contributed by atoms with Crippen LogP contribution in [-0.4, -0.2) is 83.9 Å². The van der Waals surface area contributed by atoms with Crippen LogP contribution in [0.4, 0.5) is 4.79 Å². The van der Waals surface area contributed by atoms with Crippen LogP contribution < -0.4 is 16.1 Å². The zero-order chi connectivity index (χ0) is 22.0. The molecule has 2 heterocycles. The number of hydrogen-bond donors (Lipinski definition) is 3. The van der Waals surface area contributed by atoms with Gasteiger partial charge in [-0.3, -0.25) is 29.6 Å². The fourth-order valence-corrected chi connectivity index (χ4v) is 3.88. The highest BCUT2D eigenvalue weighted by atomic mass is 16.2. The van der Waals surface area contributed by atoms with Gasteiger partial charge in [-0.1, -0.05) is 30.3 Å². The standard InChI is InChI=1S/C21H28N6O4/c1-21(15-5-3-2-4-6-15)19(30)27(20(31)23-21)24-18(29)14-26-11-9-25(10-12-26)13-17(28)22-16-7-8-16/h2-6,16H,7-14H2,1H3,(H,22,28)(H,23,31)(H,24,29)/t21-/m1/s1. The third-order valence-electron chi connectivity index (χ3n) is 5.92. The molecule has 2 saturated heterocycles. The van der Waals surface area contributed by atoms with Gasteiger partial charge in [0.1, 0.15) is 5.54 Å². The van der Waals surface area contributed by atoms with E-state index in [0.29, 0.717) is 44.3 Å². The Bertz CT molecular complexity index is 866. The smallest absolute Gasteiger partial charge is 0.344 e. The van der Waals surface area contributed by atoms with E-state index in [-0.39, 0.29) is 12.5 Å². The predicted octanol–water partition coefficient (Wildman–Crippen LogP) is -0.619. The normalized spacial score (nSPS) is 24.7. The maximum Gasteiger partial charge on any atom is 0.344 e. The van der Waals surface area contributed by atoms with E-state index in [0.717, 1.165) is 17.9 Å². The van der Waals surface area contributed by atoms with Crippen LogP contribution in [0.25, 0.3) is 0 Å². The Kier molecular flexibility index (Phi) is 5.92. The van der Waals surface area contributed by atoms with Gasteiger partial charge in [0, 0.05) is 32.2 Å². The molecule has 1 atom stereocenters. The summed E-state index contributed by atoms with van der Waals surface area (Å²) in [6.07, 6.45) is 2.13. The zero-order valence-electron chi connectivity index (χ0n) is 17.6. The monoisotopic (exact) mass is 428 g/mol. The summed E-state index contributed by atoms with van der Waals surface area (Å²) in [7, 11) is 0. The number of rotatable bonds is 7. The molecular weight excluding hydrogens is 400 g/mol. The van der Waals surface area contributed by atoms with Crippen LogP contribution in [0.5, 0.6) is 0 Å². The molecule has 0 bridgehead atoms. The lowest BCUT2D eigenvalue weighted by atomic mass is 9.92. The molecule has 31 heavy (non-hydrogen) atoms. The molecule has 3 fully saturated rings. The molecule has 166 valence electrons. The number of urea groups is 1. The Morgan fingerprint density at radius 2 is 1.58 bits per heavy atom. The third-order valence-corrected chi connectivity index (χ3v) is 5.92. The van der Waals surface area contributed by atoms with Gasteiger partial charge in [0.2, 0.25) is 5.91 Å². The summed E-state index contributed by atoms with van der Waals surface area (Å²) >= 11 is 0.